The second kappa shape index (κ2) is 5.26. The van der Waals surface area contributed by atoms with E-state index in [4.69, 9.17) is 0 Å². The minimum Gasteiger partial charge on any atom is -0.287 e. The van der Waals surface area contributed by atoms with Crippen LogP contribution in [0.5, 0.6) is 0 Å². The molecular weight excluding hydrogens is 197 g/mol. The van der Waals surface area contributed by atoms with Gasteiger partial charge in [0, 0.05) is 11.6 Å². The van der Waals surface area contributed by atoms with Gasteiger partial charge in [0.1, 0.15) is 0 Å². The zero-order valence-corrected chi connectivity index (χ0v) is 10.4. The molecule has 0 aromatic heterocycles. The summed E-state index contributed by atoms with van der Waals surface area (Å²) in [5.74, 6) is -0.100. The van der Waals surface area contributed by atoms with E-state index >= 15 is 0 Å². The van der Waals surface area contributed by atoms with Gasteiger partial charge in [0.15, 0.2) is 0 Å². The van der Waals surface area contributed by atoms with Crippen molar-refractivity contribution in [1.82, 2.24) is 10.9 Å². The summed E-state index contributed by atoms with van der Waals surface area (Å²) < 4.78 is 0. The molecule has 0 fully saturated rings. The summed E-state index contributed by atoms with van der Waals surface area (Å²) in [6.45, 7) is 2.05. The van der Waals surface area contributed by atoms with Gasteiger partial charge in [-0.2, -0.15) is 0 Å². The van der Waals surface area contributed by atoms with Crippen LogP contribution in [0.3, 0.4) is 0 Å². The van der Waals surface area contributed by atoms with E-state index in [9.17, 15) is 4.79 Å². The lowest BCUT2D eigenvalue weighted by atomic mass is 9.40. The number of hydrazine groups is 1. The van der Waals surface area contributed by atoms with E-state index in [0.29, 0.717) is 5.56 Å². The van der Waals surface area contributed by atoms with Crippen LogP contribution in [0.15, 0.2) is 30.3 Å². The first-order chi connectivity index (χ1) is 7.41. The van der Waals surface area contributed by atoms with Crippen LogP contribution in [-0.2, 0) is 0 Å². The van der Waals surface area contributed by atoms with Crippen LogP contribution in [0.2, 0.25) is 5.11 Å². The van der Waals surface area contributed by atoms with Crippen molar-refractivity contribution in [1.29, 1.82) is 0 Å². The number of hydrogen-bond donors (Lipinski definition) is 2. The van der Waals surface area contributed by atoms with E-state index in [1.54, 1.807) is 12.1 Å². The molecule has 0 aliphatic carbocycles. The van der Waals surface area contributed by atoms with Crippen molar-refractivity contribution in [3.8, 4) is 0 Å². The Morgan fingerprint density at radius 1 is 1.25 bits per heavy atom. The van der Waals surface area contributed by atoms with E-state index < -0.39 is 0 Å². The third-order valence-corrected chi connectivity index (χ3v) is 2.74. The summed E-state index contributed by atoms with van der Waals surface area (Å²) >= 11 is 0. The first-order valence-electron chi connectivity index (χ1n) is 5.52. The molecule has 0 aliphatic heterocycles. The highest BCUT2D eigenvalue weighted by atomic mass is 16.2. The Kier molecular flexibility index (Phi) is 4.24. The molecule has 1 rings (SSSR count). The highest BCUT2D eigenvalue weighted by Gasteiger charge is 2.20. The summed E-state index contributed by atoms with van der Waals surface area (Å²) in [6.07, 6.45) is 0. The Morgan fingerprint density at radius 3 is 2.31 bits per heavy atom. The molecule has 1 atom stereocenters. The summed E-state index contributed by atoms with van der Waals surface area (Å²) in [6, 6.07) is 9.38. The molecule has 6 heteroatoms. The van der Waals surface area contributed by atoms with Gasteiger partial charge in [-0.15, -0.1) is 0 Å². The molecule has 2 N–H and O–H groups in total. The van der Waals surface area contributed by atoms with Crippen LogP contribution in [0.4, 0.5) is 0 Å². The standard InChI is InChI=1S/C10H17B3N2O/c1-7(10(11,12)13)14-15-9(16)8-5-3-2-4-6-8/h2-7,14H,11-13H2,1H3,(H,15,16). The molecule has 0 saturated carbocycles. The molecular formula is C10H17B3N2O. The quantitative estimate of drug-likeness (QED) is 0.462. The molecule has 0 spiro atoms. The molecule has 0 saturated heterocycles. The van der Waals surface area contributed by atoms with E-state index in [1.165, 1.54) is 0 Å². The van der Waals surface area contributed by atoms with E-state index in [-0.39, 0.29) is 17.1 Å². The third-order valence-electron chi connectivity index (χ3n) is 2.74. The Bertz CT molecular complexity index is 351. The molecule has 82 valence electrons. The van der Waals surface area contributed by atoms with Crippen LogP contribution in [0, 0.1) is 0 Å². The maximum absolute atomic E-state index is 11.7. The van der Waals surface area contributed by atoms with Gasteiger partial charge in [-0.1, -0.05) is 23.3 Å². The lowest BCUT2D eigenvalue weighted by molar-refractivity contribution is 0.0926. The number of amides is 1. The number of nitrogens with one attached hydrogen (secondary N) is 2. The van der Waals surface area contributed by atoms with Crippen LogP contribution >= 0.6 is 0 Å². The number of rotatable bonds is 4. The molecule has 1 aromatic rings. The average Bonchev–Trinajstić information content (AvgIpc) is 2.25. The minimum absolute atomic E-state index is 0.100. The predicted molar refractivity (Wildman–Crippen MR) is 74.8 cm³/mol. The largest absolute Gasteiger partial charge is 0.287 e. The summed E-state index contributed by atoms with van der Waals surface area (Å²) in [7, 11) is 6.37. The van der Waals surface area contributed by atoms with Gasteiger partial charge in [-0.3, -0.25) is 10.2 Å². The minimum atomic E-state index is -0.100. The fourth-order valence-electron chi connectivity index (χ4n) is 1.05. The van der Waals surface area contributed by atoms with Crippen LogP contribution in [0.1, 0.15) is 17.3 Å². The Morgan fingerprint density at radius 2 is 1.81 bits per heavy atom. The molecule has 0 bridgehead atoms. The molecule has 3 nitrogen and oxygen atoms in total. The van der Waals surface area contributed by atoms with Crippen molar-refractivity contribution in [3.63, 3.8) is 0 Å². The number of carbonyl (C=O) groups is 1. The van der Waals surface area contributed by atoms with Crippen molar-refractivity contribution >= 4 is 29.4 Å². The zero-order valence-electron chi connectivity index (χ0n) is 10.4. The van der Waals surface area contributed by atoms with Gasteiger partial charge in [0.25, 0.3) is 5.91 Å². The van der Waals surface area contributed by atoms with E-state index in [2.05, 4.69) is 34.4 Å². The number of carbonyl (C=O) groups excluding carboxylic acids is 1. The maximum Gasteiger partial charge on any atom is 0.265 e. The highest BCUT2D eigenvalue weighted by Crippen LogP contribution is 2.13. The molecule has 16 heavy (non-hydrogen) atoms. The second-order valence-electron chi connectivity index (χ2n) is 5.05. The summed E-state index contributed by atoms with van der Waals surface area (Å²) in [5.41, 5.74) is 6.40. The molecule has 1 unspecified atom stereocenters. The molecule has 1 aromatic carbocycles. The highest BCUT2D eigenvalue weighted by molar-refractivity contribution is 6.59. The van der Waals surface area contributed by atoms with Crippen LogP contribution in [0.25, 0.3) is 0 Å². The smallest absolute Gasteiger partial charge is 0.265 e. The van der Waals surface area contributed by atoms with Crippen molar-refractivity contribution in [2.75, 3.05) is 0 Å². The Labute approximate surface area is 99.6 Å². The van der Waals surface area contributed by atoms with Gasteiger partial charge in [-0.25, -0.2) is 5.43 Å². The van der Waals surface area contributed by atoms with Gasteiger partial charge in [0.2, 0.25) is 0 Å². The molecule has 0 heterocycles. The van der Waals surface area contributed by atoms with Gasteiger partial charge in [-0.05, 0) is 19.1 Å². The van der Waals surface area contributed by atoms with E-state index in [0.717, 1.165) is 0 Å². The predicted octanol–water partition coefficient (Wildman–Crippen LogP) is -1.72. The van der Waals surface area contributed by atoms with E-state index in [1.807, 2.05) is 25.1 Å². The lowest BCUT2D eigenvalue weighted by Gasteiger charge is -2.28. The third kappa shape index (κ3) is 3.78. The molecule has 0 radical (unpaired) electrons. The maximum atomic E-state index is 11.7. The fraction of sp³-hybridized carbons (Fsp3) is 0.300. The fourth-order valence-corrected chi connectivity index (χ4v) is 1.05. The van der Waals surface area contributed by atoms with Crippen LogP contribution in [-0.4, -0.2) is 35.5 Å². The van der Waals surface area contributed by atoms with Crippen molar-refractivity contribution < 1.29 is 4.79 Å². The van der Waals surface area contributed by atoms with Crippen molar-refractivity contribution in [3.05, 3.63) is 35.9 Å². The average molecular weight is 214 g/mol. The van der Waals surface area contributed by atoms with Crippen LogP contribution < -0.4 is 10.9 Å². The Hall–Kier alpha value is -1.16. The van der Waals surface area contributed by atoms with Gasteiger partial charge >= 0.3 is 0 Å². The van der Waals surface area contributed by atoms with Crippen molar-refractivity contribution in [2.45, 2.75) is 18.1 Å². The first kappa shape index (κ1) is 12.9. The normalized spacial score (nSPS) is 13.1. The lowest BCUT2D eigenvalue weighted by Crippen LogP contribution is -2.49. The number of hydrogen-bond acceptors (Lipinski definition) is 2. The second-order valence-corrected chi connectivity index (χ2v) is 5.05. The topological polar surface area (TPSA) is 41.1 Å². The molecule has 1 amide bonds. The van der Waals surface area contributed by atoms with Gasteiger partial charge < -0.3 is 0 Å². The van der Waals surface area contributed by atoms with Crippen molar-refractivity contribution in [2.24, 2.45) is 0 Å². The van der Waals surface area contributed by atoms with Gasteiger partial charge in [0.05, 0.1) is 23.5 Å². The Balaban J connectivity index is 2.48. The number of benzene rings is 1. The first-order valence-corrected chi connectivity index (χ1v) is 5.52. The molecule has 0 aliphatic rings. The SMILES string of the molecule is BC(B)(B)C(C)NNC(=O)c1ccccc1. The summed E-state index contributed by atoms with van der Waals surface area (Å²) in [5, 5.41) is 0.115. The zero-order chi connectivity index (χ0) is 12.2. The summed E-state index contributed by atoms with van der Waals surface area (Å²) in [4.78, 5) is 11.7. The monoisotopic (exact) mass is 214 g/mol.